The van der Waals surface area contributed by atoms with Gasteiger partial charge in [0.2, 0.25) is 21.8 Å². The molecule has 0 heterocycles. The maximum absolute atomic E-state index is 14.4. The lowest BCUT2D eigenvalue weighted by molar-refractivity contribution is -0.140. The summed E-state index contributed by atoms with van der Waals surface area (Å²) in [6.07, 6.45) is 0.925. The smallest absolute Gasteiger partial charge is 0.244 e. The Kier molecular flexibility index (Phi) is 8.96. The van der Waals surface area contributed by atoms with Crippen LogP contribution in [-0.2, 0) is 26.2 Å². The molecule has 0 saturated heterocycles. The Morgan fingerprint density at radius 1 is 1.12 bits per heavy atom. The number of nitrogens with zero attached hydrogens (tertiary/aromatic N) is 2. The normalized spacial score (nSPS) is 12.7. The number of halogens is 3. The predicted octanol–water partition coefficient (Wildman–Crippen LogP) is 4.23. The first-order valence-corrected chi connectivity index (χ1v) is 13.0. The van der Waals surface area contributed by atoms with Crippen molar-refractivity contribution >= 4 is 50.7 Å². The van der Waals surface area contributed by atoms with Gasteiger partial charge in [-0.2, -0.15) is 0 Å². The van der Waals surface area contributed by atoms with Crippen LogP contribution in [-0.4, -0.2) is 49.5 Å². The van der Waals surface area contributed by atoms with Gasteiger partial charge in [0, 0.05) is 22.7 Å². The molecule has 0 aliphatic rings. The van der Waals surface area contributed by atoms with Crippen molar-refractivity contribution in [1.82, 2.24) is 10.2 Å². The molecule has 11 heteroatoms. The van der Waals surface area contributed by atoms with Crippen LogP contribution in [0.4, 0.5) is 10.1 Å². The first-order chi connectivity index (χ1) is 15.6. The molecule has 1 unspecified atom stereocenters. The van der Waals surface area contributed by atoms with Crippen LogP contribution in [0.2, 0.25) is 10.0 Å². The molecular weight excluding hydrogens is 504 g/mol. The fraction of sp³-hybridized carbons (Fsp3) is 0.391. The second-order valence-electron chi connectivity index (χ2n) is 8.89. The Morgan fingerprint density at radius 2 is 1.74 bits per heavy atom. The van der Waals surface area contributed by atoms with Crippen LogP contribution in [0, 0.1) is 5.82 Å². The van der Waals surface area contributed by atoms with Crippen LogP contribution in [0.25, 0.3) is 0 Å². The molecule has 2 aromatic carbocycles. The molecule has 1 atom stereocenters. The molecule has 186 valence electrons. The molecule has 7 nitrogen and oxygen atoms in total. The summed E-state index contributed by atoms with van der Waals surface area (Å²) in [5.74, 6) is -1.74. The lowest BCUT2D eigenvalue weighted by Gasteiger charge is -2.33. The van der Waals surface area contributed by atoms with Crippen LogP contribution in [0.3, 0.4) is 0 Å². The molecule has 1 N–H and O–H groups in total. The maximum Gasteiger partial charge on any atom is 0.244 e. The highest BCUT2D eigenvalue weighted by Gasteiger charge is 2.32. The van der Waals surface area contributed by atoms with E-state index in [0.717, 1.165) is 15.5 Å². The highest BCUT2D eigenvalue weighted by atomic mass is 35.5. The number of rotatable bonds is 8. The molecule has 0 saturated carbocycles. The van der Waals surface area contributed by atoms with Crippen molar-refractivity contribution in [3.8, 4) is 0 Å². The summed E-state index contributed by atoms with van der Waals surface area (Å²) in [7, 11) is -3.97. The van der Waals surface area contributed by atoms with Crippen molar-refractivity contribution in [1.29, 1.82) is 0 Å². The summed E-state index contributed by atoms with van der Waals surface area (Å²) in [6, 6.07) is 9.05. The summed E-state index contributed by atoms with van der Waals surface area (Å²) in [4.78, 5) is 27.4. The molecule has 0 aliphatic heterocycles. The van der Waals surface area contributed by atoms with Gasteiger partial charge in [-0.15, -0.1) is 0 Å². The van der Waals surface area contributed by atoms with Crippen LogP contribution in [0.15, 0.2) is 42.5 Å². The number of carbonyl (C=O) groups is 2. The molecular formula is C23H28Cl2FN3O4S. The largest absolute Gasteiger partial charge is 0.350 e. The van der Waals surface area contributed by atoms with E-state index in [0.29, 0.717) is 0 Å². The fourth-order valence-corrected chi connectivity index (χ4v) is 4.43. The van der Waals surface area contributed by atoms with E-state index < -0.39 is 45.8 Å². The number of nitrogens with one attached hydrogen (secondary N) is 1. The molecule has 0 radical (unpaired) electrons. The van der Waals surface area contributed by atoms with E-state index in [1.54, 1.807) is 26.8 Å². The van der Waals surface area contributed by atoms with E-state index in [2.05, 4.69) is 5.32 Å². The van der Waals surface area contributed by atoms with E-state index in [-0.39, 0.29) is 27.8 Å². The van der Waals surface area contributed by atoms with Gasteiger partial charge >= 0.3 is 0 Å². The monoisotopic (exact) mass is 531 g/mol. The highest BCUT2D eigenvalue weighted by molar-refractivity contribution is 7.92. The lowest BCUT2D eigenvalue weighted by atomic mass is 10.1. The number of amides is 2. The van der Waals surface area contributed by atoms with Crippen molar-refractivity contribution in [3.05, 3.63) is 63.9 Å². The number of hydrogen-bond donors (Lipinski definition) is 1. The Hall–Kier alpha value is -2.36. The third-order valence-corrected chi connectivity index (χ3v) is 6.50. The first kappa shape index (κ1) is 27.9. The molecule has 0 fully saturated rings. The summed E-state index contributed by atoms with van der Waals surface area (Å²) in [6.45, 7) is 5.94. The fourth-order valence-electron chi connectivity index (χ4n) is 3.14. The lowest BCUT2D eigenvalue weighted by Crippen LogP contribution is -2.54. The van der Waals surface area contributed by atoms with E-state index in [4.69, 9.17) is 23.2 Å². The van der Waals surface area contributed by atoms with Crippen LogP contribution in [0.1, 0.15) is 33.3 Å². The standard InChI is InChI=1S/C23H28Cl2FN3O4S/c1-15(22(31)27-23(2,3)4)28(13-16-8-6-7-9-19(16)26)21(30)14-29(34(5,32)33)20-12-17(24)10-11-18(20)25/h6-12,15H,13-14H2,1-5H3,(H,27,31). The molecule has 2 aromatic rings. The zero-order valence-corrected chi connectivity index (χ0v) is 21.9. The van der Waals surface area contributed by atoms with Crippen molar-refractivity contribution in [2.75, 3.05) is 17.1 Å². The van der Waals surface area contributed by atoms with Gasteiger partial charge in [0.25, 0.3) is 0 Å². The molecule has 2 amide bonds. The summed E-state index contributed by atoms with van der Waals surface area (Å²) < 4.78 is 40.3. The van der Waals surface area contributed by atoms with Gasteiger partial charge in [-0.1, -0.05) is 41.4 Å². The summed E-state index contributed by atoms with van der Waals surface area (Å²) in [5.41, 5.74) is -0.383. The minimum absolute atomic E-state index is 0.0163. The Balaban J connectivity index is 2.47. The number of carbonyl (C=O) groups excluding carboxylic acids is 2. The zero-order valence-electron chi connectivity index (χ0n) is 19.6. The van der Waals surface area contributed by atoms with Gasteiger partial charge in [-0.3, -0.25) is 13.9 Å². The molecule has 2 rings (SSSR count). The average Bonchev–Trinajstić information content (AvgIpc) is 2.70. The average molecular weight is 532 g/mol. The number of anilines is 1. The second-order valence-corrected chi connectivity index (χ2v) is 11.6. The second kappa shape index (κ2) is 10.9. The number of hydrogen-bond acceptors (Lipinski definition) is 4. The molecule has 0 aliphatic carbocycles. The molecule has 34 heavy (non-hydrogen) atoms. The molecule has 0 aromatic heterocycles. The van der Waals surface area contributed by atoms with E-state index in [1.165, 1.54) is 43.3 Å². The van der Waals surface area contributed by atoms with Crippen molar-refractivity contribution in [2.45, 2.75) is 45.8 Å². The number of sulfonamides is 1. The van der Waals surface area contributed by atoms with E-state index in [9.17, 15) is 22.4 Å². The van der Waals surface area contributed by atoms with Gasteiger partial charge in [0.05, 0.1) is 17.0 Å². The molecule has 0 spiro atoms. The summed E-state index contributed by atoms with van der Waals surface area (Å²) >= 11 is 12.2. The minimum atomic E-state index is -3.97. The van der Waals surface area contributed by atoms with Gasteiger partial charge in [-0.05, 0) is 52.0 Å². The van der Waals surface area contributed by atoms with Gasteiger partial charge in [-0.25, -0.2) is 12.8 Å². The third-order valence-electron chi connectivity index (χ3n) is 4.82. The van der Waals surface area contributed by atoms with Crippen molar-refractivity contribution in [3.63, 3.8) is 0 Å². The quantitative estimate of drug-likeness (QED) is 0.552. The predicted molar refractivity (Wildman–Crippen MR) is 133 cm³/mol. The Labute approximate surface area is 209 Å². The van der Waals surface area contributed by atoms with Gasteiger partial charge in [0.15, 0.2) is 0 Å². The molecule has 0 bridgehead atoms. The van der Waals surface area contributed by atoms with Gasteiger partial charge < -0.3 is 10.2 Å². The number of benzene rings is 2. The van der Waals surface area contributed by atoms with Gasteiger partial charge in [0.1, 0.15) is 18.4 Å². The Bertz CT molecular complexity index is 1170. The topological polar surface area (TPSA) is 86.8 Å². The highest BCUT2D eigenvalue weighted by Crippen LogP contribution is 2.31. The summed E-state index contributed by atoms with van der Waals surface area (Å²) in [5, 5.41) is 3.08. The van der Waals surface area contributed by atoms with Crippen LogP contribution in [0.5, 0.6) is 0 Å². The van der Waals surface area contributed by atoms with E-state index >= 15 is 0 Å². The zero-order chi connectivity index (χ0) is 25.8. The van der Waals surface area contributed by atoms with E-state index in [1.807, 2.05) is 0 Å². The maximum atomic E-state index is 14.4. The van der Waals surface area contributed by atoms with Crippen molar-refractivity contribution < 1.29 is 22.4 Å². The third kappa shape index (κ3) is 7.58. The van der Waals surface area contributed by atoms with Crippen LogP contribution < -0.4 is 9.62 Å². The van der Waals surface area contributed by atoms with Crippen molar-refractivity contribution in [2.24, 2.45) is 0 Å². The van der Waals surface area contributed by atoms with Crippen LogP contribution >= 0.6 is 23.2 Å². The SMILES string of the molecule is CC(C(=O)NC(C)(C)C)N(Cc1ccccc1F)C(=O)CN(c1cc(Cl)ccc1Cl)S(C)(=O)=O. The first-order valence-electron chi connectivity index (χ1n) is 10.4. The minimum Gasteiger partial charge on any atom is -0.350 e. The Morgan fingerprint density at radius 3 is 2.29 bits per heavy atom.